The highest BCUT2D eigenvalue weighted by Crippen LogP contribution is 2.34. The first-order chi connectivity index (χ1) is 8.56. The molecule has 2 aliphatic rings. The number of thioether (sulfide) groups is 1. The molecule has 0 aromatic carbocycles. The molecule has 1 aliphatic carbocycles. The molecule has 0 aromatic heterocycles. The Labute approximate surface area is 112 Å². The molecular weight excluding hydrogens is 254 g/mol. The molecule has 2 rings (SSSR count). The van der Waals surface area contributed by atoms with Crippen LogP contribution in [-0.2, 0) is 4.74 Å². The molecule has 1 saturated carbocycles. The predicted octanol–water partition coefficient (Wildman–Crippen LogP) is -0.326. The van der Waals surface area contributed by atoms with Crippen LogP contribution in [0, 0.1) is 5.92 Å². The third-order valence-electron chi connectivity index (χ3n) is 4.16. The third-order valence-corrected chi connectivity index (χ3v) is 5.02. The summed E-state index contributed by atoms with van der Waals surface area (Å²) in [5, 5.41) is 29.7. The van der Waals surface area contributed by atoms with Gasteiger partial charge in [0, 0.05) is 6.04 Å². The molecule has 6 heteroatoms. The summed E-state index contributed by atoms with van der Waals surface area (Å²) >= 11 is 1.32. The second kappa shape index (κ2) is 6.07. The summed E-state index contributed by atoms with van der Waals surface area (Å²) in [6.07, 6.45) is 2.28. The van der Waals surface area contributed by atoms with Crippen molar-refractivity contribution in [2.75, 3.05) is 6.26 Å². The van der Waals surface area contributed by atoms with Crippen LogP contribution in [0.5, 0.6) is 0 Å². The monoisotopic (exact) mass is 277 g/mol. The molecule has 0 aromatic rings. The maximum absolute atomic E-state index is 10.0. The number of hydrogen-bond acceptors (Lipinski definition) is 6. The fourth-order valence-corrected chi connectivity index (χ4v) is 3.68. The van der Waals surface area contributed by atoms with Crippen LogP contribution in [0.3, 0.4) is 0 Å². The van der Waals surface area contributed by atoms with E-state index < -0.39 is 29.9 Å². The van der Waals surface area contributed by atoms with Crippen LogP contribution in [0.4, 0.5) is 0 Å². The Morgan fingerprint density at radius 2 is 1.72 bits per heavy atom. The van der Waals surface area contributed by atoms with Crippen LogP contribution in [0.2, 0.25) is 0 Å². The van der Waals surface area contributed by atoms with Gasteiger partial charge in [0.2, 0.25) is 0 Å². The van der Waals surface area contributed by atoms with E-state index in [-0.39, 0.29) is 6.04 Å². The molecule has 6 unspecified atom stereocenters. The maximum atomic E-state index is 10.0. The maximum Gasteiger partial charge on any atom is 0.132 e. The van der Waals surface area contributed by atoms with Gasteiger partial charge >= 0.3 is 0 Å². The molecular formula is C12H23NO4S. The van der Waals surface area contributed by atoms with Gasteiger partial charge in [0.1, 0.15) is 29.9 Å². The van der Waals surface area contributed by atoms with Crippen molar-refractivity contribution in [3.05, 3.63) is 0 Å². The number of aliphatic hydroxyl groups excluding tert-OH is 3. The topological polar surface area (TPSA) is 95.9 Å². The average Bonchev–Trinajstić information content (AvgIpc) is 2.89. The Morgan fingerprint density at radius 3 is 2.28 bits per heavy atom. The molecule has 2 fully saturated rings. The van der Waals surface area contributed by atoms with E-state index in [0.29, 0.717) is 5.92 Å². The summed E-state index contributed by atoms with van der Waals surface area (Å²) < 4.78 is 5.68. The zero-order valence-corrected chi connectivity index (χ0v) is 11.4. The van der Waals surface area contributed by atoms with Crippen molar-refractivity contribution in [1.29, 1.82) is 0 Å². The molecule has 1 aliphatic heterocycles. The largest absolute Gasteiger partial charge is 0.388 e. The molecule has 18 heavy (non-hydrogen) atoms. The summed E-state index contributed by atoms with van der Waals surface area (Å²) in [7, 11) is 0. The molecule has 0 radical (unpaired) electrons. The van der Waals surface area contributed by atoms with Crippen LogP contribution in [0.1, 0.15) is 25.7 Å². The summed E-state index contributed by atoms with van der Waals surface area (Å²) in [6.45, 7) is 0. The minimum Gasteiger partial charge on any atom is -0.388 e. The van der Waals surface area contributed by atoms with Gasteiger partial charge in [-0.25, -0.2) is 0 Å². The molecule has 5 nitrogen and oxygen atoms in total. The van der Waals surface area contributed by atoms with Gasteiger partial charge in [0.25, 0.3) is 0 Å². The standard InChI is InChI=1S/C12H23NO4S/c1-18-12-10(16)8(14)9(15)11(17-12)7(13)6-4-2-3-5-6/h6-12,14-16H,2-5,13H2,1H3. The highest BCUT2D eigenvalue weighted by atomic mass is 32.2. The Hall–Kier alpha value is 0.150. The number of ether oxygens (including phenoxy) is 1. The van der Waals surface area contributed by atoms with Crippen LogP contribution in [0.15, 0.2) is 0 Å². The molecule has 1 saturated heterocycles. The first kappa shape index (κ1) is 14.6. The lowest BCUT2D eigenvalue weighted by molar-refractivity contribution is -0.205. The summed E-state index contributed by atoms with van der Waals surface area (Å²) in [5.41, 5.74) is 5.65. The van der Waals surface area contributed by atoms with E-state index in [0.717, 1.165) is 25.7 Å². The number of nitrogens with two attached hydrogens (primary N) is 1. The van der Waals surface area contributed by atoms with E-state index >= 15 is 0 Å². The number of rotatable bonds is 3. The van der Waals surface area contributed by atoms with Gasteiger partial charge in [-0.3, -0.25) is 0 Å². The Kier molecular flexibility index (Phi) is 4.91. The van der Waals surface area contributed by atoms with Crippen molar-refractivity contribution in [3.63, 3.8) is 0 Å². The molecule has 1 heterocycles. The van der Waals surface area contributed by atoms with Gasteiger partial charge in [-0.2, -0.15) is 0 Å². The Balaban J connectivity index is 2.06. The molecule has 0 spiro atoms. The average molecular weight is 277 g/mol. The third kappa shape index (κ3) is 2.69. The van der Waals surface area contributed by atoms with Crippen LogP contribution in [-0.4, -0.2) is 57.5 Å². The van der Waals surface area contributed by atoms with E-state index in [4.69, 9.17) is 10.5 Å². The van der Waals surface area contributed by atoms with E-state index in [1.165, 1.54) is 11.8 Å². The summed E-state index contributed by atoms with van der Waals surface area (Å²) in [5.74, 6) is 0.342. The highest BCUT2D eigenvalue weighted by Gasteiger charge is 2.47. The molecule has 106 valence electrons. The van der Waals surface area contributed by atoms with Crippen molar-refractivity contribution >= 4 is 11.8 Å². The summed E-state index contributed by atoms with van der Waals surface area (Å²) in [6, 6.07) is -0.278. The zero-order chi connectivity index (χ0) is 13.3. The van der Waals surface area contributed by atoms with Crippen molar-refractivity contribution < 1.29 is 20.1 Å². The second-order valence-electron chi connectivity index (χ2n) is 5.30. The van der Waals surface area contributed by atoms with Crippen LogP contribution in [0.25, 0.3) is 0 Å². The minimum absolute atomic E-state index is 0.278. The quantitative estimate of drug-likeness (QED) is 0.564. The predicted molar refractivity (Wildman–Crippen MR) is 70.1 cm³/mol. The first-order valence-electron chi connectivity index (χ1n) is 6.54. The van der Waals surface area contributed by atoms with Gasteiger partial charge in [-0.15, -0.1) is 11.8 Å². The minimum atomic E-state index is -1.19. The lowest BCUT2D eigenvalue weighted by Gasteiger charge is -2.43. The lowest BCUT2D eigenvalue weighted by Crippen LogP contribution is -2.62. The number of hydrogen-bond donors (Lipinski definition) is 4. The van der Waals surface area contributed by atoms with Gasteiger partial charge in [0.15, 0.2) is 0 Å². The van der Waals surface area contributed by atoms with E-state index in [1.54, 1.807) is 6.26 Å². The molecule has 0 amide bonds. The van der Waals surface area contributed by atoms with Gasteiger partial charge < -0.3 is 25.8 Å². The fourth-order valence-electron chi connectivity index (χ4n) is 3.00. The normalized spacial score (nSPS) is 44.2. The van der Waals surface area contributed by atoms with Crippen LogP contribution < -0.4 is 5.73 Å². The second-order valence-corrected chi connectivity index (χ2v) is 6.23. The highest BCUT2D eigenvalue weighted by molar-refractivity contribution is 7.99. The van der Waals surface area contributed by atoms with Crippen molar-refractivity contribution in [2.45, 2.75) is 61.6 Å². The van der Waals surface area contributed by atoms with Crippen molar-refractivity contribution in [3.8, 4) is 0 Å². The summed E-state index contributed by atoms with van der Waals surface area (Å²) in [4.78, 5) is 0. The molecule has 0 bridgehead atoms. The van der Waals surface area contributed by atoms with Crippen LogP contribution >= 0.6 is 11.8 Å². The van der Waals surface area contributed by atoms with E-state index in [2.05, 4.69) is 0 Å². The lowest BCUT2D eigenvalue weighted by atomic mass is 9.87. The van der Waals surface area contributed by atoms with Gasteiger partial charge in [-0.1, -0.05) is 12.8 Å². The number of aliphatic hydroxyl groups is 3. The van der Waals surface area contributed by atoms with Crippen molar-refractivity contribution in [1.82, 2.24) is 0 Å². The van der Waals surface area contributed by atoms with Crippen molar-refractivity contribution in [2.24, 2.45) is 11.7 Å². The van der Waals surface area contributed by atoms with E-state index in [1.807, 2.05) is 0 Å². The van der Waals surface area contributed by atoms with Gasteiger partial charge in [0.05, 0.1) is 0 Å². The first-order valence-corrected chi connectivity index (χ1v) is 7.83. The molecule has 6 atom stereocenters. The fraction of sp³-hybridized carbons (Fsp3) is 1.00. The Bertz CT molecular complexity index is 273. The van der Waals surface area contributed by atoms with E-state index in [9.17, 15) is 15.3 Å². The Morgan fingerprint density at radius 1 is 1.11 bits per heavy atom. The SMILES string of the molecule is CSC1OC(C(N)C2CCCC2)C(O)C(O)C1O. The molecule has 5 N–H and O–H groups in total. The van der Waals surface area contributed by atoms with Gasteiger partial charge in [-0.05, 0) is 25.0 Å². The zero-order valence-electron chi connectivity index (χ0n) is 10.6. The smallest absolute Gasteiger partial charge is 0.132 e.